The van der Waals surface area contributed by atoms with Gasteiger partial charge in [-0.25, -0.2) is 0 Å². The van der Waals surface area contributed by atoms with Gasteiger partial charge in [0.15, 0.2) is 0 Å². The predicted octanol–water partition coefficient (Wildman–Crippen LogP) is 5.18. The van der Waals surface area contributed by atoms with E-state index in [1.807, 2.05) is 51.1 Å². The number of carbonyl (C=O) groups excluding carboxylic acids is 2. The molecule has 0 radical (unpaired) electrons. The molecule has 6 heteroatoms. The minimum Gasteiger partial charge on any atom is -0.352 e. The Bertz CT molecular complexity index is 870. The number of nitrogens with one attached hydrogen (secondary N) is 1. The summed E-state index contributed by atoms with van der Waals surface area (Å²) in [5, 5.41) is 3.84. The molecule has 0 aliphatic carbocycles. The zero-order chi connectivity index (χ0) is 21.6. The zero-order valence-corrected chi connectivity index (χ0v) is 18.8. The molecular formula is C23H28Cl2N2O2. The summed E-state index contributed by atoms with van der Waals surface area (Å²) in [4.78, 5) is 27.5. The Kier molecular flexibility index (Phi) is 8.54. The Hall–Kier alpha value is -2.04. The van der Waals surface area contributed by atoms with E-state index < -0.39 is 6.04 Å². The molecule has 0 aliphatic heterocycles. The summed E-state index contributed by atoms with van der Waals surface area (Å²) in [5.41, 5.74) is 2.82. The Morgan fingerprint density at radius 3 is 2.38 bits per heavy atom. The Morgan fingerprint density at radius 1 is 1.07 bits per heavy atom. The molecule has 0 unspecified atom stereocenters. The van der Waals surface area contributed by atoms with Gasteiger partial charge in [-0.1, -0.05) is 60.5 Å². The van der Waals surface area contributed by atoms with Gasteiger partial charge in [0, 0.05) is 12.6 Å². The van der Waals surface area contributed by atoms with E-state index in [9.17, 15) is 9.59 Å². The van der Waals surface area contributed by atoms with Crippen molar-refractivity contribution in [1.29, 1.82) is 0 Å². The molecule has 0 aromatic heterocycles. The highest BCUT2D eigenvalue weighted by Gasteiger charge is 2.27. The lowest BCUT2D eigenvalue weighted by atomic mass is 10.0. The maximum Gasteiger partial charge on any atom is 0.242 e. The molecule has 2 rings (SSSR count). The van der Waals surface area contributed by atoms with Crippen LogP contribution < -0.4 is 5.32 Å². The van der Waals surface area contributed by atoms with Crippen LogP contribution in [0.5, 0.6) is 0 Å². The van der Waals surface area contributed by atoms with E-state index in [2.05, 4.69) is 5.32 Å². The van der Waals surface area contributed by atoms with Crippen LogP contribution in [0, 0.1) is 6.92 Å². The van der Waals surface area contributed by atoms with Gasteiger partial charge in [0.1, 0.15) is 6.04 Å². The number of nitrogens with zero attached hydrogens (tertiary/aromatic N) is 1. The van der Waals surface area contributed by atoms with E-state index in [-0.39, 0.29) is 30.8 Å². The first kappa shape index (κ1) is 23.2. The van der Waals surface area contributed by atoms with Gasteiger partial charge in [-0.2, -0.15) is 0 Å². The third kappa shape index (κ3) is 6.48. The lowest BCUT2D eigenvalue weighted by molar-refractivity contribution is -0.140. The fraction of sp³-hybridized carbons (Fsp3) is 0.391. The summed E-state index contributed by atoms with van der Waals surface area (Å²) in [6, 6.07) is 12.5. The summed E-state index contributed by atoms with van der Waals surface area (Å²) in [7, 11) is 0. The lowest BCUT2D eigenvalue weighted by Crippen LogP contribution is -2.49. The molecule has 2 aromatic rings. The van der Waals surface area contributed by atoms with Crippen molar-refractivity contribution in [3.05, 3.63) is 69.2 Å². The molecule has 0 fully saturated rings. The third-order valence-electron chi connectivity index (χ3n) is 5.11. The van der Waals surface area contributed by atoms with Crippen LogP contribution in [0.1, 0.15) is 43.9 Å². The SMILES string of the molecule is CC[C@H](C)NC(=O)[C@H](C)N(Cc1ccc(Cl)c(Cl)c1)C(=O)Cc1ccccc1C. The molecule has 0 aliphatic rings. The van der Waals surface area contributed by atoms with Crippen LogP contribution in [0.25, 0.3) is 0 Å². The number of benzene rings is 2. The molecule has 156 valence electrons. The minimum atomic E-state index is -0.616. The topological polar surface area (TPSA) is 49.4 Å². The lowest BCUT2D eigenvalue weighted by Gasteiger charge is -2.30. The molecule has 2 amide bonds. The second-order valence-corrected chi connectivity index (χ2v) is 8.18. The van der Waals surface area contributed by atoms with Crippen molar-refractivity contribution in [2.75, 3.05) is 0 Å². The Balaban J connectivity index is 2.28. The first-order valence-electron chi connectivity index (χ1n) is 9.81. The molecule has 0 bridgehead atoms. The molecular weight excluding hydrogens is 407 g/mol. The van der Waals surface area contributed by atoms with Gasteiger partial charge in [-0.05, 0) is 56.0 Å². The van der Waals surface area contributed by atoms with Gasteiger partial charge in [0.2, 0.25) is 11.8 Å². The van der Waals surface area contributed by atoms with Crippen molar-refractivity contribution in [3.8, 4) is 0 Å². The van der Waals surface area contributed by atoms with Crippen LogP contribution in [0.3, 0.4) is 0 Å². The monoisotopic (exact) mass is 434 g/mol. The van der Waals surface area contributed by atoms with Gasteiger partial charge < -0.3 is 10.2 Å². The predicted molar refractivity (Wildman–Crippen MR) is 119 cm³/mol. The molecule has 4 nitrogen and oxygen atoms in total. The maximum absolute atomic E-state index is 13.2. The highest BCUT2D eigenvalue weighted by atomic mass is 35.5. The Labute approximate surface area is 183 Å². The van der Waals surface area contributed by atoms with Crippen molar-refractivity contribution in [3.63, 3.8) is 0 Å². The summed E-state index contributed by atoms with van der Waals surface area (Å²) >= 11 is 12.2. The molecule has 0 heterocycles. The van der Waals surface area contributed by atoms with E-state index in [1.54, 1.807) is 24.0 Å². The van der Waals surface area contributed by atoms with Gasteiger partial charge in [0.05, 0.1) is 16.5 Å². The van der Waals surface area contributed by atoms with Crippen molar-refractivity contribution >= 4 is 35.0 Å². The van der Waals surface area contributed by atoms with Crippen molar-refractivity contribution in [2.45, 2.75) is 59.2 Å². The number of amides is 2. The number of hydrogen-bond acceptors (Lipinski definition) is 2. The number of aryl methyl sites for hydroxylation is 1. The summed E-state index contributed by atoms with van der Waals surface area (Å²) in [5.74, 6) is -0.283. The molecule has 0 saturated carbocycles. The number of rotatable bonds is 8. The quantitative estimate of drug-likeness (QED) is 0.622. The average Bonchev–Trinajstić information content (AvgIpc) is 2.69. The Morgan fingerprint density at radius 2 is 1.76 bits per heavy atom. The van der Waals surface area contributed by atoms with E-state index in [1.165, 1.54) is 0 Å². The van der Waals surface area contributed by atoms with E-state index in [0.29, 0.717) is 10.0 Å². The van der Waals surface area contributed by atoms with Gasteiger partial charge in [-0.3, -0.25) is 9.59 Å². The van der Waals surface area contributed by atoms with Crippen LogP contribution in [0.4, 0.5) is 0 Å². The van der Waals surface area contributed by atoms with E-state index in [0.717, 1.165) is 23.1 Å². The largest absolute Gasteiger partial charge is 0.352 e. The smallest absolute Gasteiger partial charge is 0.242 e. The second-order valence-electron chi connectivity index (χ2n) is 7.37. The third-order valence-corrected chi connectivity index (χ3v) is 5.85. The van der Waals surface area contributed by atoms with Gasteiger partial charge in [0.25, 0.3) is 0 Å². The zero-order valence-electron chi connectivity index (χ0n) is 17.3. The van der Waals surface area contributed by atoms with Crippen molar-refractivity contribution < 1.29 is 9.59 Å². The normalized spacial score (nSPS) is 12.9. The first-order chi connectivity index (χ1) is 13.7. The minimum absolute atomic E-state index is 0.0447. The number of halogens is 2. The van der Waals surface area contributed by atoms with Crippen LogP contribution in [-0.4, -0.2) is 28.8 Å². The van der Waals surface area contributed by atoms with E-state index >= 15 is 0 Å². The molecule has 29 heavy (non-hydrogen) atoms. The maximum atomic E-state index is 13.2. The van der Waals surface area contributed by atoms with Crippen LogP contribution in [-0.2, 0) is 22.6 Å². The molecule has 2 atom stereocenters. The van der Waals surface area contributed by atoms with Crippen molar-refractivity contribution in [2.24, 2.45) is 0 Å². The first-order valence-corrected chi connectivity index (χ1v) is 10.6. The summed E-state index contributed by atoms with van der Waals surface area (Å²) < 4.78 is 0. The van der Waals surface area contributed by atoms with Crippen LogP contribution >= 0.6 is 23.2 Å². The molecule has 2 aromatic carbocycles. The molecule has 0 saturated heterocycles. The van der Waals surface area contributed by atoms with Crippen LogP contribution in [0.15, 0.2) is 42.5 Å². The van der Waals surface area contributed by atoms with Crippen LogP contribution in [0.2, 0.25) is 10.0 Å². The fourth-order valence-corrected chi connectivity index (χ4v) is 3.28. The van der Waals surface area contributed by atoms with Gasteiger partial charge in [-0.15, -0.1) is 0 Å². The fourth-order valence-electron chi connectivity index (χ4n) is 2.96. The number of hydrogen-bond donors (Lipinski definition) is 1. The standard InChI is InChI=1S/C23H28Cl2N2O2/c1-5-16(3)26-23(29)17(4)27(14-18-10-11-20(24)21(25)12-18)22(28)13-19-9-7-6-8-15(19)2/h6-12,16-17H,5,13-14H2,1-4H3,(H,26,29)/t16-,17-/m0/s1. The van der Waals surface area contributed by atoms with E-state index in [4.69, 9.17) is 23.2 Å². The molecule has 0 spiro atoms. The van der Waals surface area contributed by atoms with Crippen molar-refractivity contribution in [1.82, 2.24) is 10.2 Å². The number of carbonyl (C=O) groups is 2. The summed E-state index contributed by atoms with van der Waals surface area (Å²) in [6.45, 7) is 7.96. The molecule has 1 N–H and O–H groups in total. The highest BCUT2D eigenvalue weighted by molar-refractivity contribution is 6.42. The average molecular weight is 435 g/mol. The van der Waals surface area contributed by atoms with Gasteiger partial charge >= 0.3 is 0 Å². The second kappa shape index (κ2) is 10.7. The highest BCUT2D eigenvalue weighted by Crippen LogP contribution is 2.24. The summed E-state index contributed by atoms with van der Waals surface area (Å²) in [6.07, 6.45) is 1.05.